The molecule has 37 heavy (non-hydrogen) atoms. The van der Waals surface area contributed by atoms with Crippen LogP contribution in [0.5, 0.6) is 17.2 Å². The maximum Gasteiger partial charge on any atom is 0.172 e. The molecule has 1 aliphatic rings. The maximum absolute atomic E-state index is 7.39. The molecule has 0 atom stereocenters. The molecule has 1 fully saturated rings. The van der Waals surface area contributed by atoms with Gasteiger partial charge in [0.15, 0.2) is 17.4 Å². The van der Waals surface area contributed by atoms with Gasteiger partial charge in [-0.25, -0.2) is 20.5 Å². The van der Waals surface area contributed by atoms with Crippen molar-refractivity contribution in [1.82, 2.24) is 20.3 Å². The first-order chi connectivity index (χ1) is 18.1. The predicted octanol–water partition coefficient (Wildman–Crippen LogP) is 4.99. The first kappa shape index (κ1) is 24.2. The summed E-state index contributed by atoms with van der Waals surface area (Å²) in [6.45, 7) is 5.46. The molecule has 0 saturated carbocycles. The summed E-state index contributed by atoms with van der Waals surface area (Å²) in [6.07, 6.45) is 1.52. The van der Waals surface area contributed by atoms with Crippen molar-refractivity contribution in [2.24, 2.45) is 5.11 Å². The number of piperazine rings is 1. The molecule has 0 amide bonds. The predicted molar refractivity (Wildman–Crippen MR) is 144 cm³/mol. The van der Waals surface area contributed by atoms with Crippen LogP contribution in [0.25, 0.3) is 11.0 Å². The van der Waals surface area contributed by atoms with Crippen molar-refractivity contribution < 1.29 is 9.47 Å². The molecule has 2 aromatic carbocycles. The summed E-state index contributed by atoms with van der Waals surface area (Å²) in [7, 11) is 3.44. The summed E-state index contributed by atoms with van der Waals surface area (Å²) >= 11 is 0. The molecule has 2 aromatic heterocycles. The Labute approximate surface area is 214 Å². The average Bonchev–Trinajstić information content (AvgIpc) is 2.94. The average molecular weight is 500 g/mol. The van der Waals surface area contributed by atoms with Crippen molar-refractivity contribution in [1.29, 1.82) is 5.53 Å². The first-order valence-electron chi connectivity index (χ1n) is 12.0. The fraction of sp³-hybridized carbons (Fsp3) is 0.269. The van der Waals surface area contributed by atoms with Gasteiger partial charge < -0.3 is 30.3 Å². The van der Waals surface area contributed by atoms with Crippen molar-refractivity contribution >= 4 is 39.7 Å². The van der Waals surface area contributed by atoms with Crippen molar-refractivity contribution in [3.63, 3.8) is 0 Å². The molecule has 3 heterocycles. The Balaban J connectivity index is 1.42. The molecule has 4 N–H and O–H groups in total. The third-order valence-electron chi connectivity index (χ3n) is 6.22. The number of benzene rings is 2. The molecule has 11 nitrogen and oxygen atoms in total. The number of hydrogen-bond donors (Lipinski definition) is 4. The van der Waals surface area contributed by atoms with E-state index in [1.54, 1.807) is 20.2 Å². The highest BCUT2D eigenvalue weighted by Crippen LogP contribution is 2.35. The standard InChI is InChI=1S/C26H29N9O2/c1-16-12-17(4-7-22(16)37-18-5-6-19(28-2)20(13-18)34-27)32-25-24-21(30-15-31-25)14-23(36-3)26(33-24)35-10-8-29-9-11-35/h4-7,12-15,27-29H,8-11H2,1-3H3,(H,30,31,32). The second-order valence-electron chi connectivity index (χ2n) is 8.59. The number of aryl methyl sites for hydroxylation is 1. The Morgan fingerprint density at radius 3 is 2.62 bits per heavy atom. The van der Waals surface area contributed by atoms with E-state index in [1.807, 2.05) is 43.3 Å². The van der Waals surface area contributed by atoms with Crippen LogP contribution in [0.2, 0.25) is 0 Å². The first-order valence-corrected chi connectivity index (χ1v) is 12.0. The third-order valence-corrected chi connectivity index (χ3v) is 6.22. The van der Waals surface area contributed by atoms with Crippen LogP contribution >= 0.6 is 0 Å². The van der Waals surface area contributed by atoms with E-state index >= 15 is 0 Å². The minimum atomic E-state index is 0.510. The number of nitrogens with zero attached hydrogens (tertiary/aromatic N) is 5. The van der Waals surface area contributed by atoms with Crippen molar-refractivity contribution in [2.75, 3.05) is 55.9 Å². The molecule has 0 radical (unpaired) electrons. The Hall–Kier alpha value is -4.51. The number of aromatic nitrogens is 3. The van der Waals surface area contributed by atoms with Crippen LogP contribution in [0.4, 0.5) is 28.7 Å². The van der Waals surface area contributed by atoms with E-state index in [9.17, 15) is 0 Å². The molecule has 1 aliphatic heterocycles. The number of nitrogens with one attached hydrogen (secondary N) is 4. The van der Waals surface area contributed by atoms with Crippen LogP contribution in [-0.2, 0) is 0 Å². The minimum Gasteiger partial charge on any atom is -0.493 e. The summed E-state index contributed by atoms with van der Waals surface area (Å²) in [4.78, 5) is 16.0. The van der Waals surface area contributed by atoms with Gasteiger partial charge in [-0.3, -0.25) is 0 Å². The molecule has 4 aromatic rings. The maximum atomic E-state index is 7.39. The number of methoxy groups -OCH3 is 1. The van der Waals surface area contributed by atoms with Gasteiger partial charge in [-0.15, -0.1) is 0 Å². The van der Waals surface area contributed by atoms with E-state index in [-0.39, 0.29) is 0 Å². The summed E-state index contributed by atoms with van der Waals surface area (Å²) in [6, 6.07) is 13.1. The zero-order valence-electron chi connectivity index (χ0n) is 21.0. The van der Waals surface area contributed by atoms with E-state index in [1.165, 1.54) is 6.33 Å². The highest BCUT2D eigenvalue weighted by atomic mass is 16.5. The Morgan fingerprint density at radius 1 is 1.05 bits per heavy atom. The number of fused-ring (bicyclic) bond motifs is 1. The highest BCUT2D eigenvalue weighted by Gasteiger charge is 2.19. The summed E-state index contributed by atoms with van der Waals surface area (Å²) in [5.41, 5.74) is 11.8. The van der Waals surface area contributed by atoms with E-state index in [0.717, 1.165) is 48.9 Å². The van der Waals surface area contributed by atoms with Crippen LogP contribution in [0, 0.1) is 12.5 Å². The molecule has 0 aliphatic carbocycles. The van der Waals surface area contributed by atoms with Crippen LogP contribution < -0.4 is 30.3 Å². The zero-order chi connectivity index (χ0) is 25.8. The lowest BCUT2D eigenvalue weighted by molar-refractivity contribution is 0.411. The lowest BCUT2D eigenvalue weighted by Gasteiger charge is -2.29. The smallest absolute Gasteiger partial charge is 0.172 e. The second kappa shape index (κ2) is 10.6. The van der Waals surface area contributed by atoms with Gasteiger partial charge in [0.1, 0.15) is 29.0 Å². The van der Waals surface area contributed by atoms with Crippen LogP contribution in [0.1, 0.15) is 5.56 Å². The topological polar surface area (TPSA) is 133 Å². The summed E-state index contributed by atoms with van der Waals surface area (Å²) in [5.74, 6) is 3.41. The van der Waals surface area contributed by atoms with Crippen molar-refractivity contribution in [3.05, 3.63) is 54.4 Å². The molecule has 11 heteroatoms. The van der Waals surface area contributed by atoms with Gasteiger partial charge in [0.25, 0.3) is 0 Å². The molecule has 0 bridgehead atoms. The molecule has 0 spiro atoms. The number of hydrogen-bond acceptors (Lipinski definition) is 11. The normalized spacial score (nSPS) is 13.3. The quantitative estimate of drug-likeness (QED) is 0.247. The SMILES string of the molecule is CNc1ccc(Oc2ccc(Nc3ncnc4cc(OC)c(N5CCNCC5)nc34)cc2C)cc1N=N. The fourth-order valence-electron chi connectivity index (χ4n) is 4.29. The van der Waals surface area contributed by atoms with Gasteiger partial charge in [0, 0.05) is 51.0 Å². The summed E-state index contributed by atoms with van der Waals surface area (Å²) in [5, 5.41) is 13.3. The molecule has 1 saturated heterocycles. The van der Waals surface area contributed by atoms with E-state index in [2.05, 4.69) is 35.9 Å². The van der Waals surface area contributed by atoms with Gasteiger partial charge >= 0.3 is 0 Å². The number of ether oxygens (including phenoxy) is 2. The number of rotatable bonds is 8. The number of pyridine rings is 1. The molecular formula is C26H29N9O2. The fourth-order valence-corrected chi connectivity index (χ4v) is 4.29. The number of anilines is 4. The van der Waals surface area contributed by atoms with Gasteiger partial charge in [-0.05, 0) is 42.8 Å². The summed E-state index contributed by atoms with van der Waals surface area (Å²) < 4.78 is 11.7. The second-order valence-corrected chi connectivity index (χ2v) is 8.59. The zero-order valence-corrected chi connectivity index (χ0v) is 21.0. The van der Waals surface area contributed by atoms with E-state index < -0.39 is 0 Å². The van der Waals surface area contributed by atoms with Crippen molar-refractivity contribution in [3.8, 4) is 17.2 Å². The minimum absolute atomic E-state index is 0.510. The molecule has 190 valence electrons. The van der Waals surface area contributed by atoms with E-state index in [4.69, 9.17) is 20.0 Å². The monoisotopic (exact) mass is 499 g/mol. The molecule has 5 rings (SSSR count). The van der Waals surface area contributed by atoms with Crippen LogP contribution in [-0.4, -0.2) is 55.3 Å². The molecule has 0 unspecified atom stereocenters. The van der Waals surface area contributed by atoms with Crippen LogP contribution in [0.3, 0.4) is 0 Å². The van der Waals surface area contributed by atoms with Crippen molar-refractivity contribution in [2.45, 2.75) is 6.92 Å². The van der Waals surface area contributed by atoms with Gasteiger partial charge in [0.05, 0.1) is 18.3 Å². The van der Waals surface area contributed by atoms with Gasteiger partial charge in [-0.2, -0.15) is 5.11 Å². The largest absolute Gasteiger partial charge is 0.493 e. The van der Waals surface area contributed by atoms with Gasteiger partial charge in [0.2, 0.25) is 0 Å². The van der Waals surface area contributed by atoms with E-state index in [0.29, 0.717) is 39.8 Å². The Bertz CT molecular complexity index is 1440. The third kappa shape index (κ3) is 5.07. The molecular weight excluding hydrogens is 470 g/mol. The Kier molecular flexibility index (Phi) is 6.95. The lowest BCUT2D eigenvalue weighted by atomic mass is 10.2. The van der Waals surface area contributed by atoms with Crippen LogP contribution in [0.15, 0.2) is 53.9 Å². The highest BCUT2D eigenvalue weighted by molar-refractivity contribution is 5.90. The van der Waals surface area contributed by atoms with Gasteiger partial charge in [-0.1, -0.05) is 0 Å². The lowest BCUT2D eigenvalue weighted by Crippen LogP contribution is -2.44. The Morgan fingerprint density at radius 2 is 1.89 bits per heavy atom.